The topological polar surface area (TPSA) is 102 Å². The molecule has 2 unspecified atom stereocenters. The third kappa shape index (κ3) is 30.2. The summed E-state index contributed by atoms with van der Waals surface area (Å²) in [6.07, 6.45) is 31.2. The predicted molar refractivity (Wildman–Crippen MR) is 194 cm³/mol. The van der Waals surface area contributed by atoms with Gasteiger partial charge in [-0.25, -0.2) is 0 Å². The van der Waals surface area contributed by atoms with E-state index in [4.69, 9.17) is 14.2 Å². The number of esters is 2. The standard InChI is InChI=1S/C40H75NO7/c1-6-8-10-12-14-15-16-17-18-19-20-21-22-23-25-27-29-31-39(43)48-36(34-46-33-32-37(40(44)45)41(3,4)5)35-47-38(42)30-28-26-24-13-11-9-7-2/h24,26,36-37H,6-23,25,27-35H2,1-5H3/b26-24+. The van der Waals surface area contributed by atoms with Gasteiger partial charge in [-0.1, -0.05) is 142 Å². The zero-order valence-electron chi connectivity index (χ0n) is 31.9. The number of carbonyl (C=O) groups excluding carboxylic acids is 3. The monoisotopic (exact) mass is 682 g/mol. The average Bonchev–Trinajstić information content (AvgIpc) is 3.03. The number of rotatable bonds is 35. The van der Waals surface area contributed by atoms with Crippen molar-refractivity contribution >= 4 is 17.9 Å². The molecule has 8 heteroatoms. The molecule has 0 aromatic carbocycles. The van der Waals surface area contributed by atoms with E-state index >= 15 is 0 Å². The second-order valence-corrected chi connectivity index (χ2v) is 14.5. The number of hydrogen-bond acceptors (Lipinski definition) is 7. The molecule has 0 amide bonds. The van der Waals surface area contributed by atoms with Crippen molar-refractivity contribution in [2.24, 2.45) is 0 Å². The van der Waals surface area contributed by atoms with Crippen molar-refractivity contribution in [3.05, 3.63) is 12.2 Å². The van der Waals surface area contributed by atoms with Gasteiger partial charge in [0.2, 0.25) is 0 Å². The maximum absolute atomic E-state index is 12.6. The highest BCUT2D eigenvalue weighted by atomic mass is 16.6. The van der Waals surface area contributed by atoms with Crippen LogP contribution in [-0.2, 0) is 28.6 Å². The van der Waals surface area contributed by atoms with E-state index in [1.807, 2.05) is 6.08 Å². The Morgan fingerprint density at radius 1 is 0.604 bits per heavy atom. The molecular formula is C40H75NO7. The molecule has 0 radical (unpaired) electrons. The highest BCUT2D eigenvalue weighted by Gasteiger charge is 2.25. The molecule has 0 bridgehead atoms. The molecule has 8 nitrogen and oxygen atoms in total. The molecule has 0 aromatic rings. The Labute approximate surface area is 295 Å². The molecule has 0 spiro atoms. The van der Waals surface area contributed by atoms with E-state index in [0.29, 0.717) is 12.8 Å². The predicted octanol–water partition coefficient (Wildman–Crippen LogP) is 8.63. The lowest BCUT2D eigenvalue weighted by molar-refractivity contribution is -0.889. The van der Waals surface area contributed by atoms with E-state index < -0.39 is 18.1 Å². The first-order chi connectivity index (χ1) is 23.1. The van der Waals surface area contributed by atoms with Crippen LogP contribution in [0.4, 0.5) is 0 Å². The van der Waals surface area contributed by atoms with Gasteiger partial charge in [0, 0.05) is 19.3 Å². The molecule has 282 valence electrons. The first-order valence-electron chi connectivity index (χ1n) is 19.7. The molecule has 0 heterocycles. The van der Waals surface area contributed by atoms with Gasteiger partial charge in [-0.3, -0.25) is 9.59 Å². The number of hydrogen-bond donors (Lipinski definition) is 0. The van der Waals surface area contributed by atoms with E-state index in [-0.39, 0.29) is 49.1 Å². The van der Waals surface area contributed by atoms with Crippen molar-refractivity contribution in [3.63, 3.8) is 0 Å². The number of carbonyl (C=O) groups is 3. The Morgan fingerprint density at radius 2 is 1.08 bits per heavy atom. The summed E-state index contributed by atoms with van der Waals surface area (Å²) in [7, 11) is 5.39. The summed E-state index contributed by atoms with van der Waals surface area (Å²) in [5.74, 6) is -1.80. The van der Waals surface area contributed by atoms with Gasteiger partial charge in [-0.15, -0.1) is 0 Å². The summed E-state index contributed by atoms with van der Waals surface area (Å²) >= 11 is 0. The van der Waals surface area contributed by atoms with Gasteiger partial charge in [0.15, 0.2) is 6.10 Å². The lowest BCUT2D eigenvalue weighted by Gasteiger charge is -2.34. The smallest absolute Gasteiger partial charge is 0.306 e. The largest absolute Gasteiger partial charge is 0.544 e. The van der Waals surface area contributed by atoms with Crippen LogP contribution in [0, 0.1) is 0 Å². The minimum atomic E-state index is -1.13. The van der Waals surface area contributed by atoms with E-state index in [2.05, 4.69) is 19.9 Å². The third-order valence-corrected chi connectivity index (χ3v) is 8.92. The number of carboxylic acid groups (broad SMARTS) is 1. The van der Waals surface area contributed by atoms with Crippen molar-refractivity contribution in [3.8, 4) is 0 Å². The van der Waals surface area contributed by atoms with E-state index in [1.165, 1.54) is 103 Å². The fraction of sp³-hybridized carbons (Fsp3) is 0.875. The summed E-state index contributed by atoms with van der Waals surface area (Å²) in [4.78, 5) is 36.5. The number of quaternary nitrogens is 1. The van der Waals surface area contributed by atoms with Crippen LogP contribution < -0.4 is 5.11 Å². The van der Waals surface area contributed by atoms with E-state index in [9.17, 15) is 19.5 Å². The summed E-state index contributed by atoms with van der Waals surface area (Å²) in [5, 5.41) is 11.6. The third-order valence-electron chi connectivity index (χ3n) is 8.92. The van der Waals surface area contributed by atoms with Crippen molar-refractivity contribution in [2.45, 2.75) is 187 Å². The first kappa shape index (κ1) is 46.1. The molecule has 0 aliphatic carbocycles. The Kier molecular flexibility index (Phi) is 31.0. The Bertz CT molecular complexity index is 808. The van der Waals surface area contributed by atoms with Crippen LogP contribution in [0.15, 0.2) is 12.2 Å². The Balaban J connectivity index is 4.29. The summed E-state index contributed by atoms with van der Waals surface area (Å²) in [6, 6.07) is -0.724. The normalized spacial score (nSPS) is 13.1. The first-order valence-corrected chi connectivity index (χ1v) is 19.7. The van der Waals surface area contributed by atoms with Crippen LogP contribution >= 0.6 is 0 Å². The number of allylic oxidation sites excluding steroid dienone is 2. The maximum Gasteiger partial charge on any atom is 0.306 e. The number of likely N-dealkylation sites (N-methyl/N-ethyl adjacent to an activating group) is 1. The quantitative estimate of drug-likeness (QED) is 0.0286. The minimum absolute atomic E-state index is 0.0340. The number of aliphatic carboxylic acids is 1. The molecule has 0 N–H and O–H groups in total. The molecule has 48 heavy (non-hydrogen) atoms. The minimum Gasteiger partial charge on any atom is -0.544 e. The molecule has 0 fully saturated rings. The van der Waals surface area contributed by atoms with Crippen molar-refractivity contribution in [1.29, 1.82) is 0 Å². The number of ether oxygens (including phenoxy) is 3. The number of carboxylic acids is 1. The van der Waals surface area contributed by atoms with Gasteiger partial charge in [-0.2, -0.15) is 0 Å². The molecule has 0 aromatic heterocycles. The van der Waals surface area contributed by atoms with E-state index in [0.717, 1.165) is 32.1 Å². The second kappa shape index (κ2) is 32.3. The molecule has 0 aliphatic heterocycles. The van der Waals surface area contributed by atoms with Crippen LogP contribution in [0.2, 0.25) is 0 Å². The Hall–Kier alpha value is -1.93. The molecular weight excluding hydrogens is 606 g/mol. The van der Waals surface area contributed by atoms with Gasteiger partial charge in [0.25, 0.3) is 0 Å². The number of unbranched alkanes of at least 4 members (excludes halogenated alkanes) is 19. The SMILES string of the molecule is CCCCC/C=C/CCC(=O)OCC(COCCC(C(=O)[O-])[N+](C)(C)C)OC(=O)CCCCCCCCCCCCCCCCCCC. The van der Waals surface area contributed by atoms with Gasteiger partial charge in [0.1, 0.15) is 12.6 Å². The average molecular weight is 682 g/mol. The van der Waals surface area contributed by atoms with Crippen LogP contribution in [-0.4, -0.2) is 75.5 Å². The lowest BCUT2D eigenvalue weighted by atomic mass is 10.0. The summed E-state index contributed by atoms with van der Waals surface area (Å²) in [5.41, 5.74) is 0. The molecule has 0 rings (SSSR count). The second-order valence-electron chi connectivity index (χ2n) is 14.5. The van der Waals surface area contributed by atoms with Crippen LogP contribution in [0.25, 0.3) is 0 Å². The van der Waals surface area contributed by atoms with Gasteiger partial charge >= 0.3 is 11.9 Å². The fourth-order valence-electron chi connectivity index (χ4n) is 5.79. The van der Waals surface area contributed by atoms with Gasteiger partial charge in [0.05, 0.1) is 40.3 Å². The summed E-state index contributed by atoms with van der Waals surface area (Å²) in [6.45, 7) is 4.56. The molecule has 2 atom stereocenters. The molecule has 0 saturated heterocycles. The van der Waals surface area contributed by atoms with Crippen molar-refractivity contribution < 1.29 is 38.2 Å². The van der Waals surface area contributed by atoms with Crippen LogP contribution in [0.5, 0.6) is 0 Å². The molecule has 0 aliphatic rings. The zero-order chi connectivity index (χ0) is 35.7. The van der Waals surface area contributed by atoms with Crippen LogP contribution in [0.1, 0.15) is 174 Å². The fourth-order valence-corrected chi connectivity index (χ4v) is 5.79. The summed E-state index contributed by atoms with van der Waals surface area (Å²) < 4.78 is 17.0. The number of nitrogens with zero attached hydrogens (tertiary/aromatic N) is 1. The van der Waals surface area contributed by atoms with Gasteiger partial charge in [-0.05, 0) is 25.7 Å². The van der Waals surface area contributed by atoms with Crippen molar-refractivity contribution in [2.75, 3.05) is 41.0 Å². The maximum atomic E-state index is 12.6. The zero-order valence-corrected chi connectivity index (χ0v) is 31.9. The highest BCUT2D eigenvalue weighted by molar-refractivity contribution is 5.70. The lowest BCUT2D eigenvalue weighted by Crippen LogP contribution is -2.55. The van der Waals surface area contributed by atoms with Crippen LogP contribution in [0.3, 0.4) is 0 Å². The van der Waals surface area contributed by atoms with E-state index in [1.54, 1.807) is 21.1 Å². The van der Waals surface area contributed by atoms with Crippen molar-refractivity contribution in [1.82, 2.24) is 0 Å². The molecule has 0 saturated carbocycles. The van der Waals surface area contributed by atoms with Gasteiger partial charge < -0.3 is 28.6 Å². The highest BCUT2D eigenvalue weighted by Crippen LogP contribution is 2.15. The Morgan fingerprint density at radius 3 is 1.58 bits per heavy atom.